The number of carbonyl (C=O) groups excluding carboxylic acids is 3. The Balaban J connectivity index is 1.88. The van der Waals surface area contributed by atoms with Gasteiger partial charge in [-0.2, -0.15) is 0 Å². The molecule has 0 aromatic heterocycles. The fourth-order valence-corrected chi connectivity index (χ4v) is 2.97. The van der Waals surface area contributed by atoms with Crippen LogP contribution in [0.4, 0.5) is 5.69 Å². The number of rotatable bonds is 8. The van der Waals surface area contributed by atoms with Gasteiger partial charge in [0.1, 0.15) is 0 Å². The Bertz CT molecular complexity index is 776. The number of amides is 2. The number of para-hydroxylation sites is 1. The fourth-order valence-electron chi connectivity index (χ4n) is 2.26. The first-order valence-corrected chi connectivity index (χ1v) is 9.48. The zero-order valence-corrected chi connectivity index (χ0v) is 15.6. The highest BCUT2D eigenvalue weighted by molar-refractivity contribution is 8.00. The summed E-state index contributed by atoms with van der Waals surface area (Å²) in [5.74, 6) is -0.130. The maximum Gasteiger partial charge on any atom is 0.253 e. The molecule has 136 valence electrons. The molecule has 0 heterocycles. The first-order chi connectivity index (χ1) is 12.5. The number of ketones is 1. The van der Waals surface area contributed by atoms with Crippen molar-refractivity contribution in [3.8, 4) is 0 Å². The van der Waals surface area contributed by atoms with E-state index in [1.807, 2.05) is 32.0 Å². The van der Waals surface area contributed by atoms with Crippen LogP contribution >= 0.6 is 11.8 Å². The van der Waals surface area contributed by atoms with E-state index in [0.717, 1.165) is 0 Å². The Morgan fingerprint density at radius 2 is 1.58 bits per heavy atom. The molecule has 0 unspecified atom stereocenters. The van der Waals surface area contributed by atoms with Gasteiger partial charge in [-0.25, -0.2) is 0 Å². The predicted molar refractivity (Wildman–Crippen MR) is 106 cm³/mol. The molecule has 0 aliphatic rings. The summed E-state index contributed by atoms with van der Waals surface area (Å²) in [4.78, 5) is 36.4. The van der Waals surface area contributed by atoms with Crippen LogP contribution in [0.2, 0.25) is 0 Å². The van der Waals surface area contributed by atoms with Crippen LogP contribution in [-0.2, 0) is 4.79 Å². The number of nitrogens with one attached hydrogen (secondary N) is 2. The number of thioether (sulfide) groups is 1. The number of anilines is 1. The summed E-state index contributed by atoms with van der Waals surface area (Å²) >= 11 is 1.25. The monoisotopic (exact) mass is 370 g/mol. The smallest absolute Gasteiger partial charge is 0.253 e. The molecule has 0 radical (unpaired) electrons. The normalized spacial score (nSPS) is 10.4. The third-order valence-corrected chi connectivity index (χ3v) is 4.36. The summed E-state index contributed by atoms with van der Waals surface area (Å²) in [7, 11) is 0. The van der Waals surface area contributed by atoms with Gasteiger partial charge in [0.2, 0.25) is 5.91 Å². The first kappa shape index (κ1) is 19.7. The van der Waals surface area contributed by atoms with E-state index >= 15 is 0 Å². The molecule has 2 amide bonds. The SMILES string of the molecule is CC(C)NC(=O)c1ccccc1NC(=O)CSCC(=O)c1ccccc1. The Kier molecular flexibility index (Phi) is 7.41. The number of Topliss-reactive ketones (excluding diaryl/α,β-unsaturated/α-hetero) is 1. The van der Waals surface area contributed by atoms with Crippen LogP contribution in [0, 0.1) is 0 Å². The van der Waals surface area contributed by atoms with E-state index in [2.05, 4.69) is 10.6 Å². The van der Waals surface area contributed by atoms with Crippen molar-refractivity contribution in [1.29, 1.82) is 0 Å². The zero-order chi connectivity index (χ0) is 18.9. The average molecular weight is 370 g/mol. The average Bonchev–Trinajstić information content (AvgIpc) is 2.62. The van der Waals surface area contributed by atoms with Crippen molar-refractivity contribution in [1.82, 2.24) is 5.32 Å². The van der Waals surface area contributed by atoms with Gasteiger partial charge in [-0.3, -0.25) is 14.4 Å². The predicted octanol–water partition coefficient (Wildman–Crippen LogP) is 3.38. The molecule has 0 fully saturated rings. The lowest BCUT2D eigenvalue weighted by Gasteiger charge is -2.13. The van der Waals surface area contributed by atoms with Gasteiger partial charge < -0.3 is 10.6 Å². The molecular formula is C20H22N2O3S. The van der Waals surface area contributed by atoms with E-state index in [1.165, 1.54) is 11.8 Å². The van der Waals surface area contributed by atoms with Gasteiger partial charge in [0.25, 0.3) is 5.91 Å². The third-order valence-electron chi connectivity index (χ3n) is 3.43. The minimum Gasteiger partial charge on any atom is -0.350 e. The molecule has 0 bridgehead atoms. The van der Waals surface area contributed by atoms with Gasteiger partial charge >= 0.3 is 0 Å². The first-order valence-electron chi connectivity index (χ1n) is 8.33. The van der Waals surface area contributed by atoms with Gasteiger partial charge in [0, 0.05) is 11.6 Å². The van der Waals surface area contributed by atoms with E-state index in [4.69, 9.17) is 0 Å². The van der Waals surface area contributed by atoms with E-state index in [0.29, 0.717) is 16.8 Å². The van der Waals surface area contributed by atoms with E-state index in [1.54, 1.807) is 36.4 Å². The van der Waals surface area contributed by atoms with E-state index < -0.39 is 0 Å². The largest absolute Gasteiger partial charge is 0.350 e. The summed E-state index contributed by atoms with van der Waals surface area (Å²) in [6.07, 6.45) is 0. The number of benzene rings is 2. The van der Waals surface area contributed by atoms with Gasteiger partial charge in [-0.1, -0.05) is 42.5 Å². The van der Waals surface area contributed by atoms with Gasteiger partial charge in [-0.15, -0.1) is 11.8 Å². The summed E-state index contributed by atoms with van der Waals surface area (Å²) < 4.78 is 0. The lowest BCUT2D eigenvalue weighted by molar-refractivity contribution is -0.113. The lowest BCUT2D eigenvalue weighted by atomic mass is 10.1. The number of hydrogen-bond donors (Lipinski definition) is 2. The van der Waals surface area contributed by atoms with Gasteiger partial charge in [-0.05, 0) is 26.0 Å². The Labute approximate surface area is 157 Å². The second kappa shape index (κ2) is 9.77. The molecule has 2 rings (SSSR count). The quantitative estimate of drug-likeness (QED) is 0.699. The highest BCUT2D eigenvalue weighted by Gasteiger charge is 2.14. The molecule has 2 N–H and O–H groups in total. The van der Waals surface area contributed by atoms with Crippen LogP contribution < -0.4 is 10.6 Å². The molecule has 0 spiro atoms. The maximum absolute atomic E-state index is 12.2. The molecule has 2 aromatic rings. The molecule has 0 atom stereocenters. The van der Waals surface area contributed by atoms with Crippen molar-refractivity contribution in [2.45, 2.75) is 19.9 Å². The topological polar surface area (TPSA) is 75.3 Å². The minimum atomic E-state index is -0.249. The van der Waals surface area contributed by atoms with Gasteiger partial charge in [0.15, 0.2) is 5.78 Å². The fraction of sp³-hybridized carbons (Fsp3) is 0.250. The van der Waals surface area contributed by atoms with Crippen LogP contribution in [0.15, 0.2) is 54.6 Å². The van der Waals surface area contributed by atoms with E-state index in [-0.39, 0.29) is 35.1 Å². The van der Waals surface area contributed by atoms with Crippen molar-refractivity contribution < 1.29 is 14.4 Å². The molecule has 0 aliphatic heterocycles. The van der Waals surface area contributed by atoms with Crippen LogP contribution in [0.1, 0.15) is 34.6 Å². The molecule has 6 heteroatoms. The molecule has 0 aliphatic carbocycles. The Morgan fingerprint density at radius 1 is 0.923 bits per heavy atom. The van der Waals surface area contributed by atoms with Crippen molar-refractivity contribution in [3.05, 3.63) is 65.7 Å². The van der Waals surface area contributed by atoms with Crippen molar-refractivity contribution in [2.24, 2.45) is 0 Å². The highest BCUT2D eigenvalue weighted by atomic mass is 32.2. The second-order valence-corrected chi connectivity index (χ2v) is 6.99. The molecular weight excluding hydrogens is 348 g/mol. The van der Waals surface area contributed by atoms with Crippen LogP contribution in [-0.4, -0.2) is 35.1 Å². The summed E-state index contributed by atoms with van der Waals surface area (Å²) in [5.41, 5.74) is 1.52. The Morgan fingerprint density at radius 3 is 2.27 bits per heavy atom. The third kappa shape index (κ3) is 6.04. The highest BCUT2D eigenvalue weighted by Crippen LogP contribution is 2.16. The summed E-state index contributed by atoms with van der Waals surface area (Å²) in [6, 6.07) is 15.8. The van der Waals surface area contributed by atoms with Crippen LogP contribution in [0.3, 0.4) is 0 Å². The van der Waals surface area contributed by atoms with Crippen molar-refractivity contribution in [2.75, 3.05) is 16.8 Å². The van der Waals surface area contributed by atoms with E-state index in [9.17, 15) is 14.4 Å². The minimum absolute atomic E-state index is 0.00538. The summed E-state index contributed by atoms with van der Waals surface area (Å²) in [5, 5.41) is 5.56. The van der Waals surface area contributed by atoms with Crippen LogP contribution in [0.5, 0.6) is 0 Å². The molecule has 0 saturated carbocycles. The Hall–Kier alpha value is -2.60. The lowest BCUT2D eigenvalue weighted by Crippen LogP contribution is -2.31. The second-order valence-electron chi connectivity index (χ2n) is 6.00. The number of carbonyl (C=O) groups is 3. The maximum atomic E-state index is 12.2. The molecule has 2 aromatic carbocycles. The van der Waals surface area contributed by atoms with Crippen LogP contribution in [0.25, 0.3) is 0 Å². The summed E-state index contributed by atoms with van der Waals surface area (Å²) in [6.45, 7) is 3.75. The van der Waals surface area contributed by atoms with Gasteiger partial charge in [0.05, 0.1) is 22.8 Å². The molecule has 26 heavy (non-hydrogen) atoms. The number of hydrogen-bond acceptors (Lipinski definition) is 4. The van der Waals surface area contributed by atoms with Crippen molar-refractivity contribution >= 4 is 35.0 Å². The standard InChI is InChI=1S/C20H22N2O3S/c1-14(2)21-20(25)16-10-6-7-11-17(16)22-19(24)13-26-12-18(23)15-8-4-3-5-9-15/h3-11,14H,12-13H2,1-2H3,(H,21,25)(H,22,24). The molecule has 0 saturated heterocycles. The molecule has 5 nitrogen and oxygen atoms in total. The van der Waals surface area contributed by atoms with Crippen molar-refractivity contribution in [3.63, 3.8) is 0 Å². The zero-order valence-electron chi connectivity index (χ0n) is 14.8.